The Hall–Kier alpha value is -2.07. The highest BCUT2D eigenvalue weighted by Gasteiger charge is 2.57. The van der Waals surface area contributed by atoms with Crippen molar-refractivity contribution in [3.63, 3.8) is 0 Å². The molecule has 4 heterocycles. The zero-order valence-electron chi connectivity index (χ0n) is 16.8. The van der Waals surface area contributed by atoms with Crippen molar-refractivity contribution in [2.24, 2.45) is 12.5 Å². The first-order chi connectivity index (χ1) is 15.6. The molecule has 0 bridgehead atoms. The van der Waals surface area contributed by atoms with Crippen LogP contribution < -0.4 is 11.1 Å². The molecule has 12 nitrogen and oxygen atoms in total. The standard InChI is InChI=1S/C16H16Cl2N8O4S3/c1-25-15(22-23-24-25)33-5-16(13(29)30)3-26-11(28)8(12(26)32-4-16)21-10(27)7(9(17)18)6-2-31-14(19)20-6/h2,8,12H,3-5H2,1H3,(H2,19,20)(H,21,27)(H,29,30)/t8?,12-,16?/m1/s1. The van der Waals surface area contributed by atoms with Crippen molar-refractivity contribution in [3.05, 3.63) is 15.6 Å². The Morgan fingerprint density at radius 3 is 2.79 bits per heavy atom. The van der Waals surface area contributed by atoms with Crippen molar-refractivity contribution in [1.82, 2.24) is 35.4 Å². The topological polar surface area (TPSA) is 169 Å². The van der Waals surface area contributed by atoms with Crippen molar-refractivity contribution >= 4 is 86.6 Å². The lowest BCUT2D eigenvalue weighted by atomic mass is 9.89. The molecule has 0 aliphatic carbocycles. The average Bonchev–Trinajstić information content (AvgIpc) is 3.37. The van der Waals surface area contributed by atoms with Crippen LogP contribution in [0.5, 0.6) is 0 Å². The molecule has 4 rings (SSSR count). The van der Waals surface area contributed by atoms with Crippen LogP contribution in [0.25, 0.3) is 5.57 Å². The molecule has 33 heavy (non-hydrogen) atoms. The highest BCUT2D eigenvalue weighted by Crippen LogP contribution is 2.44. The van der Waals surface area contributed by atoms with Gasteiger partial charge in [0.2, 0.25) is 11.1 Å². The molecule has 0 radical (unpaired) electrons. The van der Waals surface area contributed by atoms with Gasteiger partial charge in [0.15, 0.2) is 5.13 Å². The van der Waals surface area contributed by atoms with E-state index in [0.29, 0.717) is 5.16 Å². The fourth-order valence-electron chi connectivity index (χ4n) is 3.37. The molecule has 0 aromatic carbocycles. The molecular weight excluding hydrogens is 535 g/mol. The largest absolute Gasteiger partial charge is 0.481 e. The smallest absolute Gasteiger partial charge is 0.313 e. The Labute approximate surface area is 209 Å². The van der Waals surface area contributed by atoms with Crippen LogP contribution in [-0.2, 0) is 21.4 Å². The second kappa shape index (κ2) is 9.29. The van der Waals surface area contributed by atoms with Gasteiger partial charge in [-0.3, -0.25) is 14.4 Å². The Bertz CT molecular complexity index is 1150. The second-order valence-corrected chi connectivity index (χ2v) is 11.2. The Morgan fingerprint density at radius 1 is 1.45 bits per heavy atom. The number of hydrogen-bond acceptors (Lipinski definition) is 11. The number of fused-ring (bicyclic) bond motifs is 1. The Morgan fingerprint density at radius 2 is 2.21 bits per heavy atom. The van der Waals surface area contributed by atoms with E-state index in [1.54, 1.807) is 7.05 Å². The molecule has 17 heteroatoms. The third kappa shape index (κ3) is 4.51. The van der Waals surface area contributed by atoms with Crippen LogP contribution in [-0.4, -0.2) is 82.4 Å². The first-order valence-electron chi connectivity index (χ1n) is 9.21. The maximum atomic E-state index is 12.8. The van der Waals surface area contributed by atoms with Gasteiger partial charge in [-0.1, -0.05) is 35.0 Å². The van der Waals surface area contributed by atoms with Crippen molar-refractivity contribution in [2.45, 2.75) is 16.6 Å². The monoisotopic (exact) mass is 550 g/mol. The van der Waals surface area contributed by atoms with Gasteiger partial charge in [0.1, 0.15) is 21.3 Å². The van der Waals surface area contributed by atoms with E-state index in [4.69, 9.17) is 28.9 Å². The minimum absolute atomic E-state index is 0.00502. The number of rotatable bonds is 7. The number of nitrogens with zero attached hydrogens (tertiary/aromatic N) is 6. The lowest BCUT2D eigenvalue weighted by molar-refractivity contribution is -0.157. The minimum atomic E-state index is -1.19. The van der Waals surface area contributed by atoms with Crippen LogP contribution in [0.1, 0.15) is 5.69 Å². The third-order valence-electron chi connectivity index (χ3n) is 5.14. The van der Waals surface area contributed by atoms with Crippen LogP contribution in [0.4, 0.5) is 5.13 Å². The van der Waals surface area contributed by atoms with Crippen LogP contribution in [0.2, 0.25) is 0 Å². The summed E-state index contributed by atoms with van der Waals surface area (Å²) in [6.45, 7) is 0.00502. The molecule has 2 amide bonds. The van der Waals surface area contributed by atoms with E-state index < -0.39 is 28.7 Å². The average molecular weight is 551 g/mol. The SMILES string of the molecule is Cn1nnnc1SCC1(C(=O)O)CS[C@@H]2C(NC(=O)C(=C(Cl)Cl)c3csc(N)n3)C(=O)N2C1. The highest BCUT2D eigenvalue weighted by molar-refractivity contribution is 8.00. The number of carboxylic acids is 1. The van der Waals surface area contributed by atoms with Crippen molar-refractivity contribution < 1.29 is 19.5 Å². The number of carbonyl (C=O) groups excluding carboxylic acids is 2. The lowest BCUT2D eigenvalue weighted by Crippen LogP contribution is -2.74. The van der Waals surface area contributed by atoms with Gasteiger partial charge in [0, 0.05) is 30.5 Å². The fourth-order valence-corrected chi connectivity index (χ4v) is 7.00. The summed E-state index contributed by atoms with van der Waals surface area (Å²) >= 11 is 15.4. The van der Waals surface area contributed by atoms with Gasteiger partial charge < -0.3 is 21.1 Å². The number of aromatic nitrogens is 5. The van der Waals surface area contributed by atoms with Crippen LogP contribution in [0.3, 0.4) is 0 Å². The predicted molar refractivity (Wildman–Crippen MR) is 125 cm³/mol. The number of carbonyl (C=O) groups is 3. The molecule has 176 valence electrons. The van der Waals surface area contributed by atoms with Gasteiger partial charge in [0.05, 0.1) is 11.3 Å². The van der Waals surface area contributed by atoms with Crippen LogP contribution >= 0.6 is 58.1 Å². The fraction of sp³-hybridized carbons (Fsp3) is 0.438. The number of nitrogens with two attached hydrogens (primary N) is 1. The molecule has 4 N–H and O–H groups in total. The Balaban J connectivity index is 1.44. The van der Waals surface area contributed by atoms with Crippen molar-refractivity contribution in [2.75, 3.05) is 23.8 Å². The first kappa shape index (κ1) is 24.1. The summed E-state index contributed by atoms with van der Waals surface area (Å²) in [5, 5.41) is 25.5. The number of anilines is 1. The van der Waals surface area contributed by atoms with Crippen LogP contribution in [0, 0.1) is 5.41 Å². The number of nitrogens with one attached hydrogen (secondary N) is 1. The highest BCUT2D eigenvalue weighted by atomic mass is 35.5. The number of tetrazole rings is 1. The molecule has 3 atom stereocenters. The van der Waals surface area contributed by atoms with E-state index >= 15 is 0 Å². The molecule has 2 aliphatic rings. The van der Waals surface area contributed by atoms with Gasteiger partial charge in [-0.15, -0.1) is 28.2 Å². The number of thioether (sulfide) groups is 2. The van der Waals surface area contributed by atoms with Gasteiger partial charge in [-0.2, -0.15) is 0 Å². The quantitative estimate of drug-likeness (QED) is 0.251. The summed E-state index contributed by atoms with van der Waals surface area (Å²) in [6, 6.07) is -0.844. The van der Waals surface area contributed by atoms with E-state index in [1.165, 1.54) is 38.5 Å². The normalized spacial score (nSPS) is 24.1. The van der Waals surface area contributed by atoms with Gasteiger partial charge in [0.25, 0.3) is 5.91 Å². The van der Waals surface area contributed by atoms with Gasteiger partial charge in [-0.05, 0) is 10.4 Å². The molecule has 2 saturated heterocycles. The molecule has 2 unspecified atom stereocenters. The zero-order valence-corrected chi connectivity index (χ0v) is 20.7. The summed E-state index contributed by atoms with van der Waals surface area (Å²) in [4.78, 5) is 43.2. The predicted octanol–water partition coefficient (Wildman–Crippen LogP) is 0.658. The van der Waals surface area contributed by atoms with E-state index in [0.717, 1.165) is 11.3 Å². The second-order valence-electron chi connectivity index (χ2n) is 7.28. The number of nitrogen functional groups attached to an aromatic ring is 1. The number of halogens is 2. The summed E-state index contributed by atoms with van der Waals surface area (Å²) in [6.07, 6.45) is 0. The Kier molecular flexibility index (Phi) is 6.77. The number of aliphatic carboxylic acids is 1. The minimum Gasteiger partial charge on any atom is -0.481 e. The lowest BCUT2D eigenvalue weighted by Gasteiger charge is -2.53. The molecule has 2 aromatic heterocycles. The first-order valence-corrected chi connectivity index (χ1v) is 12.9. The maximum absolute atomic E-state index is 12.8. The molecule has 2 aliphatic heterocycles. The summed E-state index contributed by atoms with van der Waals surface area (Å²) in [5.74, 6) is -1.66. The maximum Gasteiger partial charge on any atom is 0.313 e. The molecular formula is C16H16Cl2N8O4S3. The van der Waals surface area contributed by atoms with Gasteiger partial charge >= 0.3 is 5.97 Å². The van der Waals surface area contributed by atoms with E-state index in [-0.39, 0.29) is 44.8 Å². The third-order valence-corrected chi connectivity index (χ3v) is 9.08. The van der Waals surface area contributed by atoms with Gasteiger partial charge in [-0.25, -0.2) is 9.67 Å². The summed E-state index contributed by atoms with van der Waals surface area (Å²) < 4.78 is 1.14. The van der Waals surface area contributed by atoms with E-state index in [2.05, 4.69) is 25.8 Å². The van der Waals surface area contributed by atoms with Crippen LogP contribution in [0.15, 0.2) is 15.0 Å². The molecule has 0 spiro atoms. The van der Waals surface area contributed by atoms with Crippen molar-refractivity contribution in [3.8, 4) is 0 Å². The summed E-state index contributed by atoms with van der Waals surface area (Å²) in [5.41, 5.74) is 4.54. The van der Waals surface area contributed by atoms with Crippen molar-refractivity contribution in [1.29, 1.82) is 0 Å². The van der Waals surface area contributed by atoms with E-state index in [1.807, 2.05) is 0 Å². The summed E-state index contributed by atoms with van der Waals surface area (Å²) in [7, 11) is 1.66. The van der Waals surface area contributed by atoms with E-state index in [9.17, 15) is 19.5 Å². The number of β-lactam (4-membered cyclic amide) rings is 1. The number of thiazole rings is 1. The zero-order chi connectivity index (χ0) is 23.9. The number of aryl methyl sites for hydroxylation is 1. The molecule has 0 saturated carbocycles. The number of hydrogen-bond donors (Lipinski definition) is 3. The number of amides is 2. The number of carboxylic acid groups (broad SMARTS) is 1. The molecule has 2 fully saturated rings. The molecule has 2 aromatic rings.